The van der Waals surface area contributed by atoms with Gasteiger partial charge in [-0.05, 0) is 31.0 Å². The lowest BCUT2D eigenvalue weighted by atomic mass is 10.0. The molecule has 0 fully saturated rings. The van der Waals surface area contributed by atoms with E-state index in [0.717, 1.165) is 22.6 Å². The Morgan fingerprint density at radius 1 is 1.16 bits per heavy atom. The zero-order chi connectivity index (χ0) is 26.5. The Morgan fingerprint density at radius 2 is 1.89 bits per heavy atom. The van der Waals surface area contributed by atoms with Crippen molar-refractivity contribution >= 4 is 30.4 Å². The Balaban J connectivity index is 0.00000400. The maximum atomic E-state index is 14.1. The normalized spacial score (nSPS) is 13.9. The van der Waals surface area contributed by atoms with Crippen molar-refractivity contribution in [2.24, 2.45) is 0 Å². The Hall–Kier alpha value is -4.25. The van der Waals surface area contributed by atoms with Gasteiger partial charge in [-0.15, -0.1) is 12.4 Å². The number of urea groups is 2. The van der Waals surface area contributed by atoms with Gasteiger partial charge >= 0.3 is 18.0 Å². The second-order valence-electron chi connectivity index (χ2n) is 8.35. The topological polar surface area (TPSA) is 106 Å². The summed E-state index contributed by atoms with van der Waals surface area (Å²) in [6.45, 7) is 1.37. The summed E-state index contributed by atoms with van der Waals surface area (Å²) in [4.78, 5) is 42.5. The van der Waals surface area contributed by atoms with Crippen molar-refractivity contribution < 1.29 is 27.9 Å². The van der Waals surface area contributed by atoms with Crippen molar-refractivity contribution in [3.8, 4) is 11.4 Å². The maximum Gasteiger partial charge on any atom is 0.337 e. The molecule has 200 valence electrons. The molecule has 38 heavy (non-hydrogen) atoms. The summed E-state index contributed by atoms with van der Waals surface area (Å²) in [7, 11) is 1.21. The molecular formula is C26H26ClF2N5O4. The number of esters is 1. The monoisotopic (exact) mass is 545 g/mol. The first-order valence-electron chi connectivity index (χ1n) is 11.5. The summed E-state index contributed by atoms with van der Waals surface area (Å²) in [5.74, 6) is -2.00. The van der Waals surface area contributed by atoms with Crippen LogP contribution in [0.3, 0.4) is 0 Å². The minimum atomic E-state index is -0.990. The fourth-order valence-corrected chi connectivity index (χ4v) is 4.13. The number of carbonyl (C=O) groups excluding carboxylic acids is 3. The number of imide groups is 1. The lowest BCUT2D eigenvalue weighted by Gasteiger charge is -2.28. The molecule has 1 unspecified atom stereocenters. The quantitative estimate of drug-likeness (QED) is 0.428. The number of aromatic nitrogens is 2. The second kappa shape index (κ2) is 12.3. The third-order valence-electron chi connectivity index (χ3n) is 6.04. The first-order valence-corrected chi connectivity index (χ1v) is 11.5. The molecular weight excluding hydrogens is 520 g/mol. The molecule has 0 saturated carbocycles. The number of carbonyl (C=O) groups is 3. The minimum absolute atomic E-state index is 0. The minimum Gasteiger partial charge on any atom is -0.466 e. The van der Waals surface area contributed by atoms with E-state index >= 15 is 0 Å². The predicted octanol–water partition coefficient (Wildman–Crippen LogP) is 4.41. The van der Waals surface area contributed by atoms with E-state index in [4.69, 9.17) is 4.74 Å². The lowest BCUT2D eigenvalue weighted by Crippen LogP contribution is -2.53. The summed E-state index contributed by atoms with van der Waals surface area (Å²) in [5.41, 5.74) is 1.77. The summed E-state index contributed by atoms with van der Waals surface area (Å²) in [6.07, 6.45) is 3.60. The van der Waals surface area contributed by atoms with E-state index in [1.165, 1.54) is 13.2 Å². The Morgan fingerprint density at radius 3 is 2.58 bits per heavy atom. The second-order valence-corrected chi connectivity index (χ2v) is 8.35. The van der Waals surface area contributed by atoms with Crippen LogP contribution in [-0.4, -0.2) is 52.7 Å². The van der Waals surface area contributed by atoms with Crippen molar-refractivity contribution in [1.82, 2.24) is 25.1 Å². The molecule has 4 rings (SSSR count). The van der Waals surface area contributed by atoms with Gasteiger partial charge in [0, 0.05) is 30.2 Å². The average molecular weight is 546 g/mol. The number of amides is 4. The molecule has 1 aliphatic rings. The van der Waals surface area contributed by atoms with Gasteiger partial charge < -0.3 is 19.9 Å². The number of ether oxygens (including phenoxy) is 1. The fourth-order valence-electron chi connectivity index (χ4n) is 4.13. The standard InChI is InChI=1S/C26H25F2N5O4.ClH/c1-16-19(24(34)37-2)15-33(26(36)31-16)25(35)30-11-10-22(18-8-9-20(27)21(28)14-18)32-13-12-29-23(32)17-6-4-3-5-7-17;/h3-9,12-14,22H,10-11,15H2,1-2H3,(H,30,35)(H,31,36);1H. The number of hydrogen-bond donors (Lipinski definition) is 2. The molecule has 12 heteroatoms. The van der Waals surface area contributed by atoms with E-state index in [1.54, 1.807) is 19.3 Å². The van der Waals surface area contributed by atoms with Crippen molar-refractivity contribution in [3.63, 3.8) is 0 Å². The molecule has 0 bridgehead atoms. The molecule has 1 atom stereocenters. The molecule has 0 saturated heterocycles. The molecule has 0 radical (unpaired) electrons. The first-order chi connectivity index (χ1) is 17.8. The van der Waals surface area contributed by atoms with Gasteiger partial charge in [-0.1, -0.05) is 36.4 Å². The average Bonchev–Trinajstić information content (AvgIpc) is 3.38. The Kier molecular flexibility index (Phi) is 9.19. The summed E-state index contributed by atoms with van der Waals surface area (Å²) < 4.78 is 34.3. The zero-order valence-corrected chi connectivity index (χ0v) is 21.4. The van der Waals surface area contributed by atoms with Gasteiger partial charge in [0.2, 0.25) is 0 Å². The maximum absolute atomic E-state index is 14.1. The molecule has 1 aliphatic heterocycles. The number of nitrogens with zero attached hydrogens (tertiary/aromatic N) is 3. The van der Waals surface area contributed by atoms with Crippen LogP contribution in [0.15, 0.2) is 72.2 Å². The SMILES string of the molecule is COC(=O)C1=C(C)NC(=O)N(C(=O)NCCC(c2ccc(F)c(F)c2)n2ccnc2-c2ccccc2)C1.Cl. The number of imidazole rings is 1. The molecule has 2 aromatic carbocycles. The van der Waals surface area contributed by atoms with Gasteiger partial charge in [0.1, 0.15) is 5.82 Å². The van der Waals surface area contributed by atoms with Gasteiger partial charge in [0.05, 0.1) is 25.3 Å². The van der Waals surface area contributed by atoms with Crippen LogP contribution in [0.2, 0.25) is 0 Å². The highest BCUT2D eigenvalue weighted by atomic mass is 35.5. The van der Waals surface area contributed by atoms with E-state index in [-0.39, 0.29) is 37.5 Å². The summed E-state index contributed by atoms with van der Waals surface area (Å²) >= 11 is 0. The third kappa shape index (κ3) is 6.00. The van der Waals surface area contributed by atoms with Crippen molar-refractivity contribution in [3.05, 3.63) is 89.4 Å². The van der Waals surface area contributed by atoms with Crippen molar-refractivity contribution in [2.75, 3.05) is 20.2 Å². The van der Waals surface area contributed by atoms with Crippen molar-refractivity contribution in [1.29, 1.82) is 0 Å². The van der Waals surface area contributed by atoms with Crippen LogP contribution in [0.1, 0.15) is 24.9 Å². The van der Waals surface area contributed by atoms with Crippen LogP contribution < -0.4 is 10.6 Å². The third-order valence-corrected chi connectivity index (χ3v) is 6.04. The van der Waals surface area contributed by atoms with Crippen LogP contribution in [0.25, 0.3) is 11.4 Å². The van der Waals surface area contributed by atoms with Crippen LogP contribution in [0.4, 0.5) is 18.4 Å². The number of benzene rings is 2. The van der Waals surface area contributed by atoms with Gasteiger partial charge in [-0.2, -0.15) is 0 Å². The molecule has 9 nitrogen and oxygen atoms in total. The zero-order valence-electron chi connectivity index (χ0n) is 20.6. The summed E-state index contributed by atoms with van der Waals surface area (Å²) in [6, 6.07) is 11.1. The largest absolute Gasteiger partial charge is 0.466 e. The van der Waals surface area contributed by atoms with Gasteiger partial charge in [0.15, 0.2) is 11.6 Å². The highest BCUT2D eigenvalue weighted by molar-refractivity contribution is 6.00. The van der Waals surface area contributed by atoms with Crippen LogP contribution >= 0.6 is 12.4 Å². The molecule has 3 aromatic rings. The van der Waals surface area contributed by atoms with Crippen molar-refractivity contribution in [2.45, 2.75) is 19.4 Å². The molecule has 0 aliphatic carbocycles. The Labute approximate surface area is 223 Å². The van der Waals surface area contributed by atoms with E-state index in [0.29, 0.717) is 17.1 Å². The molecule has 2 N–H and O–H groups in total. The molecule has 1 aromatic heterocycles. The number of methoxy groups -OCH3 is 1. The molecule has 4 amide bonds. The van der Waals surface area contributed by atoms with Gasteiger partial charge in [0.25, 0.3) is 0 Å². The Bertz CT molecular complexity index is 1360. The number of halogens is 3. The molecule has 0 spiro atoms. The van der Waals surface area contributed by atoms with E-state index in [9.17, 15) is 23.2 Å². The lowest BCUT2D eigenvalue weighted by molar-refractivity contribution is -0.136. The van der Waals surface area contributed by atoms with E-state index < -0.39 is 35.7 Å². The van der Waals surface area contributed by atoms with E-state index in [1.807, 2.05) is 34.9 Å². The smallest absolute Gasteiger partial charge is 0.337 e. The van der Waals surface area contributed by atoms with Crippen LogP contribution in [-0.2, 0) is 9.53 Å². The predicted molar refractivity (Wildman–Crippen MR) is 137 cm³/mol. The van der Waals surface area contributed by atoms with Crippen LogP contribution in [0.5, 0.6) is 0 Å². The number of rotatable bonds is 7. The number of hydrogen-bond acceptors (Lipinski definition) is 5. The van der Waals surface area contributed by atoms with Gasteiger partial charge in [-0.25, -0.2) is 33.0 Å². The van der Waals surface area contributed by atoms with E-state index in [2.05, 4.69) is 15.6 Å². The summed E-state index contributed by atoms with van der Waals surface area (Å²) in [5, 5.41) is 5.15. The highest BCUT2D eigenvalue weighted by Gasteiger charge is 2.31. The number of nitrogens with one attached hydrogen (secondary N) is 2. The first kappa shape index (κ1) is 28.3. The van der Waals surface area contributed by atoms with Gasteiger partial charge in [-0.3, -0.25) is 0 Å². The fraction of sp³-hybridized carbons (Fsp3) is 0.231. The molecule has 2 heterocycles. The number of allylic oxidation sites excluding steroid dienone is 1. The highest BCUT2D eigenvalue weighted by Crippen LogP contribution is 2.29. The van der Waals surface area contributed by atoms with Crippen LogP contribution in [0, 0.1) is 11.6 Å².